The fourth-order valence-corrected chi connectivity index (χ4v) is 1.97. The molecule has 4 nitrogen and oxygen atoms in total. The van der Waals surface area contributed by atoms with Gasteiger partial charge in [0, 0.05) is 11.4 Å². The molecule has 0 amide bonds. The van der Waals surface area contributed by atoms with E-state index < -0.39 is 12.3 Å². The minimum absolute atomic E-state index is 0.227. The molecule has 0 bridgehead atoms. The molecule has 0 aromatic heterocycles. The summed E-state index contributed by atoms with van der Waals surface area (Å²) in [5.41, 5.74) is 0. The van der Waals surface area contributed by atoms with Gasteiger partial charge >= 0.3 is 5.97 Å². The molecule has 0 aliphatic carbocycles. The van der Waals surface area contributed by atoms with Crippen LogP contribution in [0.4, 0.5) is 0 Å². The molecule has 0 heterocycles. The van der Waals surface area contributed by atoms with Gasteiger partial charge in [-0.05, 0) is 24.6 Å². The number of hydrogen-bond acceptors (Lipinski definition) is 4. The van der Waals surface area contributed by atoms with Gasteiger partial charge in [-0.25, -0.2) is 4.79 Å². The van der Waals surface area contributed by atoms with Crippen molar-refractivity contribution in [1.82, 2.24) is 0 Å². The number of benzene rings is 1. The van der Waals surface area contributed by atoms with Crippen LogP contribution in [0.1, 0.15) is 33.1 Å². The van der Waals surface area contributed by atoms with Gasteiger partial charge in [-0.15, -0.1) is 0 Å². The monoisotopic (exact) mass is 334 g/mol. The number of esters is 1. The number of hydrogen-bond donors (Lipinski definition) is 0. The van der Waals surface area contributed by atoms with Gasteiger partial charge in [0.1, 0.15) is 5.75 Å². The van der Waals surface area contributed by atoms with E-state index in [4.69, 9.17) is 37.4 Å². The average Bonchev–Trinajstić information content (AvgIpc) is 2.45. The number of carbonyl (C=O) groups excluding carboxylic acids is 1. The van der Waals surface area contributed by atoms with Crippen molar-refractivity contribution in [3.8, 4) is 5.75 Å². The van der Waals surface area contributed by atoms with Crippen LogP contribution in [0.15, 0.2) is 18.2 Å². The summed E-state index contributed by atoms with van der Waals surface area (Å²) < 4.78 is 15.9. The lowest BCUT2D eigenvalue weighted by Gasteiger charge is -2.17. The molecule has 1 aromatic rings. The number of carbonyl (C=O) groups is 1. The van der Waals surface area contributed by atoms with Crippen molar-refractivity contribution in [3.05, 3.63) is 28.2 Å². The van der Waals surface area contributed by atoms with E-state index in [9.17, 15) is 4.79 Å². The van der Waals surface area contributed by atoms with Crippen molar-refractivity contribution >= 4 is 29.2 Å². The summed E-state index contributed by atoms with van der Waals surface area (Å²) in [5.74, 6) is -0.109. The zero-order valence-electron chi connectivity index (χ0n) is 12.2. The molecule has 0 saturated carbocycles. The van der Waals surface area contributed by atoms with E-state index in [-0.39, 0.29) is 6.61 Å². The molecule has 0 aliphatic heterocycles. The smallest absolute Gasteiger partial charge is 0.346 e. The lowest BCUT2D eigenvalue weighted by Crippen LogP contribution is -2.25. The Morgan fingerprint density at radius 1 is 1.29 bits per heavy atom. The van der Waals surface area contributed by atoms with Gasteiger partial charge < -0.3 is 14.2 Å². The van der Waals surface area contributed by atoms with Gasteiger partial charge in [-0.3, -0.25) is 0 Å². The third-order valence-electron chi connectivity index (χ3n) is 2.64. The molecule has 118 valence electrons. The summed E-state index contributed by atoms with van der Waals surface area (Å²) in [5, 5.41) is 0.854. The molecule has 1 aromatic carbocycles. The highest BCUT2D eigenvalue weighted by Crippen LogP contribution is 2.27. The lowest BCUT2D eigenvalue weighted by atomic mass is 10.3. The number of halogens is 2. The standard InChI is InChI=1S/C15H20Cl2O4/c1-3-5-8-19-15(4-2)21-14(18)10-20-13-7-6-11(16)9-12(13)17/h6-7,9,15H,3-5,8,10H2,1-2H3. The van der Waals surface area contributed by atoms with Crippen molar-refractivity contribution in [2.24, 2.45) is 0 Å². The fraction of sp³-hybridized carbons (Fsp3) is 0.533. The topological polar surface area (TPSA) is 44.8 Å². The van der Waals surface area contributed by atoms with Crippen LogP contribution in [0, 0.1) is 0 Å². The minimum atomic E-state index is -0.534. The number of ether oxygens (including phenoxy) is 3. The van der Waals surface area contributed by atoms with E-state index in [1.807, 2.05) is 6.92 Å². The largest absolute Gasteiger partial charge is 0.480 e. The zero-order chi connectivity index (χ0) is 15.7. The van der Waals surface area contributed by atoms with Crippen LogP contribution in [0.3, 0.4) is 0 Å². The Morgan fingerprint density at radius 2 is 2.05 bits per heavy atom. The first-order valence-electron chi connectivity index (χ1n) is 6.95. The number of rotatable bonds is 9. The highest BCUT2D eigenvalue weighted by molar-refractivity contribution is 6.35. The molecule has 6 heteroatoms. The van der Waals surface area contributed by atoms with Gasteiger partial charge in [0.25, 0.3) is 0 Å². The summed E-state index contributed by atoms with van der Waals surface area (Å²) >= 11 is 11.7. The maximum atomic E-state index is 11.7. The van der Waals surface area contributed by atoms with E-state index in [0.29, 0.717) is 28.8 Å². The Bertz CT molecular complexity index is 451. The Morgan fingerprint density at radius 3 is 2.67 bits per heavy atom. The van der Waals surface area contributed by atoms with E-state index in [2.05, 4.69) is 6.92 Å². The van der Waals surface area contributed by atoms with Crippen LogP contribution < -0.4 is 4.74 Å². The molecule has 0 radical (unpaired) electrons. The summed E-state index contributed by atoms with van der Waals surface area (Å²) in [4.78, 5) is 11.7. The second-order valence-corrected chi connectivity index (χ2v) is 5.26. The first-order chi connectivity index (χ1) is 10.1. The van der Waals surface area contributed by atoms with Gasteiger partial charge in [0.15, 0.2) is 6.61 Å². The van der Waals surface area contributed by atoms with E-state index >= 15 is 0 Å². The molecule has 0 aliphatic rings. The Hall–Kier alpha value is -0.970. The molecule has 21 heavy (non-hydrogen) atoms. The Labute approximate surface area is 135 Å². The van der Waals surface area contributed by atoms with E-state index in [1.165, 1.54) is 0 Å². The maximum Gasteiger partial charge on any atom is 0.346 e. The first-order valence-corrected chi connectivity index (χ1v) is 7.71. The van der Waals surface area contributed by atoms with Gasteiger partial charge in [0.05, 0.1) is 11.6 Å². The van der Waals surface area contributed by atoms with Crippen molar-refractivity contribution in [2.45, 2.75) is 39.4 Å². The maximum absolute atomic E-state index is 11.7. The molecule has 0 saturated heterocycles. The summed E-state index contributed by atoms with van der Waals surface area (Å²) in [7, 11) is 0. The second-order valence-electron chi connectivity index (χ2n) is 4.42. The molecule has 1 rings (SSSR count). The fourth-order valence-electron chi connectivity index (χ4n) is 1.50. The lowest BCUT2D eigenvalue weighted by molar-refractivity contribution is -0.181. The predicted octanol–water partition coefficient (Wildman–Crippen LogP) is 4.47. The highest BCUT2D eigenvalue weighted by atomic mass is 35.5. The van der Waals surface area contributed by atoms with Crippen LogP contribution in [-0.2, 0) is 14.3 Å². The van der Waals surface area contributed by atoms with Crippen LogP contribution in [-0.4, -0.2) is 25.5 Å². The SMILES string of the molecule is CCCCOC(CC)OC(=O)COc1ccc(Cl)cc1Cl. The Balaban J connectivity index is 2.38. The van der Waals surface area contributed by atoms with Crippen LogP contribution in [0.2, 0.25) is 10.0 Å². The summed E-state index contributed by atoms with van der Waals surface area (Å²) in [6, 6.07) is 4.79. The molecule has 0 fully saturated rings. The zero-order valence-corrected chi connectivity index (χ0v) is 13.7. The second kappa shape index (κ2) is 9.87. The average molecular weight is 335 g/mol. The highest BCUT2D eigenvalue weighted by Gasteiger charge is 2.14. The molecular weight excluding hydrogens is 315 g/mol. The number of unbranched alkanes of at least 4 members (excludes halogenated alkanes) is 1. The van der Waals surface area contributed by atoms with Gasteiger partial charge in [-0.1, -0.05) is 43.5 Å². The quantitative estimate of drug-likeness (QED) is 0.379. The van der Waals surface area contributed by atoms with Crippen molar-refractivity contribution < 1.29 is 19.0 Å². The van der Waals surface area contributed by atoms with Gasteiger partial charge in [0.2, 0.25) is 6.29 Å². The first kappa shape index (κ1) is 18.1. The van der Waals surface area contributed by atoms with Crippen molar-refractivity contribution in [3.63, 3.8) is 0 Å². The predicted molar refractivity (Wildman–Crippen MR) is 83.0 cm³/mol. The van der Waals surface area contributed by atoms with E-state index in [0.717, 1.165) is 12.8 Å². The van der Waals surface area contributed by atoms with Crippen LogP contribution in [0.5, 0.6) is 5.75 Å². The third-order valence-corrected chi connectivity index (χ3v) is 3.17. The van der Waals surface area contributed by atoms with Gasteiger partial charge in [-0.2, -0.15) is 0 Å². The molecule has 0 spiro atoms. The minimum Gasteiger partial charge on any atom is -0.480 e. The van der Waals surface area contributed by atoms with Crippen molar-refractivity contribution in [2.75, 3.05) is 13.2 Å². The summed E-state index contributed by atoms with van der Waals surface area (Å²) in [6.07, 6.45) is 2.03. The van der Waals surface area contributed by atoms with E-state index in [1.54, 1.807) is 18.2 Å². The van der Waals surface area contributed by atoms with Crippen molar-refractivity contribution in [1.29, 1.82) is 0 Å². The normalized spacial score (nSPS) is 12.0. The molecule has 0 N–H and O–H groups in total. The third kappa shape index (κ3) is 7.02. The van der Waals surface area contributed by atoms with Crippen LogP contribution >= 0.6 is 23.2 Å². The van der Waals surface area contributed by atoms with Crippen LogP contribution in [0.25, 0.3) is 0 Å². The molecule has 1 unspecified atom stereocenters. The summed E-state index contributed by atoms with van der Waals surface area (Å²) in [6.45, 7) is 4.31. The molecule has 1 atom stereocenters. The Kier molecular flexibility index (Phi) is 8.50. The molecular formula is C15H20Cl2O4.